The molecule has 2 atom stereocenters. The van der Waals surface area contributed by atoms with Gasteiger partial charge in [-0.2, -0.15) is 0 Å². The van der Waals surface area contributed by atoms with Gasteiger partial charge in [0.15, 0.2) is 0 Å². The van der Waals surface area contributed by atoms with Gasteiger partial charge in [-0.3, -0.25) is 9.59 Å². The van der Waals surface area contributed by atoms with Gasteiger partial charge in [0.05, 0.1) is 25.6 Å². The number of hydrogen-bond acceptors (Lipinski definition) is 4. The first-order chi connectivity index (χ1) is 8.22. The minimum absolute atomic E-state index is 0.00797. The Labute approximate surface area is 101 Å². The molecule has 0 aromatic carbocycles. The number of amides is 1. The first-order valence-electron chi connectivity index (χ1n) is 6.16. The van der Waals surface area contributed by atoms with Gasteiger partial charge in [-0.25, -0.2) is 0 Å². The van der Waals surface area contributed by atoms with E-state index in [-0.39, 0.29) is 23.7 Å². The van der Waals surface area contributed by atoms with Gasteiger partial charge in [-0.05, 0) is 19.3 Å². The molecule has 0 N–H and O–H groups in total. The summed E-state index contributed by atoms with van der Waals surface area (Å²) in [5.74, 6) is -0.229. The lowest BCUT2D eigenvalue weighted by atomic mass is 9.96. The molecule has 2 heterocycles. The summed E-state index contributed by atoms with van der Waals surface area (Å²) in [6.07, 6.45) is 2.49. The van der Waals surface area contributed by atoms with Crippen molar-refractivity contribution in [1.29, 1.82) is 0 Å². The Bertz CT molecular complexity index is 299. The van der Waals surface area contributed by atoms with Crippen molar-refractivity contribution in [3.05, 3.63) is 0 Å². The number of carbonyl (C=O) groups excluding carboxylic acids is 2. The van der Waals surface area contributed by atoms with Crippen LogP contribution < -0.4 is 0 Å². The molecule has 0 spiro atoms. The zero-order valence-corrected chi connectivity index (χ0v) is 10.2. The van der Waals surface area contributed by atoms with Crippen molar-refractivity contribution in [2.24, 2.45) is 11.8 Å². The summed E-state index contributed by atoms with van der Waals surface area (Å²) in [5.41, 5.74) is 0. The van der Waals surface area contributed by atoms with E-state index in [2.05, 4.69) is 0 Å². The maximum Gasteiger partial charge on any atom is 0.310 e. The third-order valence-electron chi connectivity index (χ3n) is 3.55. The van der Waals surface area contributed by atoms with Gasteiger partial charge in [0.25, 0.3) is 0 Å². The van der Waals surface area contributed by atoms with Crippen LogP contribution in [0.15, 0.2) is 0 Å². The van der Waals surface area contributed by atoms with Crippen molar-refractivity contribution in [1.82, 2.24) is 4.90 Å². The Morgan fingerprint density at radius 3 is 2.76 bits per heavy atom. The second-order valence-corrected chi connectivity index (χ2v) is 4.71. The molecular formula is C12H19NO4. The molecule has 17 heavy (non-hydrogen) atoms. The fourth-order valence-electron chi connectivity index (χ4n) is 2.52. The third-order valence-corrected chi connectivity index (χ3v) is 3.55. The number of methoxy groups -OCH3 is 1. The Morgan fingerprint density at radius 2 is 2.12 bits per heavy atom. The van der Waals surface area contributed by atoms with Gasteiger partial charge in [-0.15, -0.1) is 0 Å². The van der Waals surface area contributed by atoms with E-state index in [0.717, 1.165) is 25.8 Å². The highest BCUT2D eigenvalue weighted by Crippen LogP contribution is 2.22. The van der Waals surface area contributed by atoms with E-state index in [1.54, 1.807) is 4.90 Å². The minimum Gasteiger partial charge on any atom is -0.469 e. The zero-order chi connectivity index (χ0) is 12.3. The van der Waals surface area contributed by atoms with E-state index in [9.17, 15) is 9.59 Å². The topological polar surface area (TPSA) is 55.8 Å². The van der Waals surface area contributed by atoms with Gasteiger partial charge in [0.1, 0.15) is 0 Å². The molecular weight excluding hydrogens is 222 g/mol. The number of carbonyl (C=O) groups is 2. The van der Waals surface area contributed by atoms with E-state index < -0.39 is 0 Å². The fraction of sp³-hybridized carbons (Fsp3) is 0.833. The molecule has 0 saturated carbocycles. The summed E-state index contributed by atoms with van der Waals surface area (Å²) in [6, 6.07) is 0. The molecule has 2 unspecified atom stereocenters. The maximum atomic E-state index is 12.2. The van der Waals surface area contributed by atoms with Crippen molar-refractivity contribution in [3.63, 3.8) is 0 Å². The summed E-state index contributed by atoms with van der Waals surface area (Å²) >= 11 is 0. The second kappa shape index (κ2) is 5.49. The van der Waals surface area contributed by atoms with E-state index in [0.29, 0.717) is 19.8 Å². The molecule has 2 aliphatic rings. The largest absolute Gasteiger partial charge is 0.469 e. The average Bonchev–Trinajstić information content (AvgIpc) is 2.91. The summed E-state index contributed by atoms with van der Waals surface area (Å²) < 4.78 is 9.97. The predicted octanol–water partition coefficient (Wildman–Crippen LogP) is 0.434. The number of nitrogens with zero attached hydrogens (tertiary/aromatic N) is 1. The van der Waals surface area contributed by atoms with Crippen LogP contribution in [-0.2, 0) is 19.1 Å². The molecule has 0 bridgehead atoms. The predicted molar refractivity (Wildman–Crippen MR) is 60.2 cm³/mol. The zero-order valence-electron chi connectivity index (χ0n) is 10.2. The lowest BCUT2D eigenvalue weighted by Gasteiger charge is -2.32. The smallest absolute Gasteiger partial charge is 0.310 e. The summed E-state index contributed by atoms with van der Waals surface area (Å²) in [4.78, 5) is 25.4. The van der Waals surface area contributed by atoms with Crippen molar-refractivity contribution < 1.29 is 19.1 Å². The summed E-state index contributed by atoms with van der Waals surface area (Å²) in [7, 11) is 1.40. The molecule has 2 saturated heterocycles. The second-order valence-electron chi connectivity index (χ2n) is 4.71. The number of esters is 1. The Morgan fingerprint density at radius 1 is 1.29 bits per heavy atom. The Kier molecular flexibility index (Phi) is 3.99. The number of rotatable bonds is 2. The van der Waals surface area contributed by atoms with Gasteiger partial charge in [0, 0.05) is 19.7 Å². The van der Waals surface area contributed by atoms with Crippen molar-refractivity contribution in [2.45, 2.75) is 19.3 Å². The SMILES string of the molecule is COC(=O)C1CCCN(C(=O)C2CCOC2)C1. The molecule has 96 valence electrons. The van der Waals surface area contributed by atoms with Crippen molar-refractivity contribution in [3.8, 4) is 0 Å². The quantitative estimate of drug-likeness (QED) is 0.658. The minimum atomic E-state index is -0.204. The summed E-state index contributed by atoms with van der Waals surface area (Å²) in [6.45, 7) is 2.45. The van der Waals surface area contributed by atoms with Crippen LogP contribution >= 0.6 is 0 Å². The van der Waals surface area contributed by atoms with Crippen molar-refractivity contribution in [2.75, 3.05) is 33.4 Å². The van der Waals surface area contributed by atoms with Crippen LogP contribution in [0.3, 0.4) is 0 Å². The highest BCUT2D eigenvalue weighted by molar-refractivity contribution is 5.80. The van der Waals surface area contributed by atoms with Crippen LogP contribution in [0, 0.1) is 11.8 Å². The van der Waals surface area contributed by atoms with Gasteiger partial charge >= 0.3 is 5.97 Å². The lowest BCUT2D eigenvalue weighted by molar-refractivity contribution is -0.149. The van der Waals surface area contributed by atoms with E-state index in [4.69, 9.17) is 9.47 Å². The van der Waals surface area contributed by atoms with Crippen molar-refractivity contribution >= 4 is 11.9 Å². The number of likely N-dealkylation sites (tertiary alicyclic amines) is 1. The number of hydrogen-bond donors (Lipinski definition) is 0. The van der Waals surface area contributed by atoms with Gasteiger partial charge < -0.3 is 14.4 Å². The van der Waals surface area contributed by atoms with Crippen LogP contribution in [0.5, 0.6) is 0 Å². The van der Waals surface area contributed by atoms with E-state index in [1.165, 1.54) is 7.11 Å². The molecule has 2 rings (SSSR count). The molecule has 2 fully saturated rings. The molecule has 5 nitrogen and oxygen atoms in total. The monoisotopic (exact) mass is 241 g/mol. The Hall–Kier alpha value is -1.10. The molecule has 0 radical (unpaired) electrons. The molecule has 0 aromatic rings. The molecule has 5 heteroatoms. The molecule has 0 aromatic heterocycles. The van der Waals surface area contributed by atoms with Crippen LogP contribution in [0.25, 0.3) is 0 Å². The fourth-order valence-corrected chi connectivity index (χ4v) is 2.52. The van der Waals surface area contributed by atoms with Crippen LogP contribution in [0.4, 0.5) is 0 Å². The highest BCUT2D eigenvalue weighted by atomic mass is 16.5. The normalized spacial score (nSPS) is 29.1. The lowest BCUT2D eigenvalue weighted by Crippen LogP contribution is -2.45. The van der Waals surface area contributed by atoms with E-state index >= 15 is 0 Å². The molecule has 0 aliphatic carbocycles. The van der Waals surface area contributed by atoms with Gasteiger partial charge in [-0.1, -0.05) is 0 Å². The molecule has 1 amide bonds. The Balaban J connectivity index is 1.92. The maximum absolute atomic E-state index is 12.2. The molecule has 2 aliphatic heterocycles. The highest BCUT2D eigenvalue weighted by Gasteiger charge is 2.33. The average molecular weight is 241 g/mol. The first kappa shape index (κ1) is 12.4. The first-order valence-corrected chi connectivity index (χ1v) is 6.16. The van der Waals surface area contributed by atoms with Crippen LogP contribution in [-0.4, -0.2) is 50.2 Å². The van der Waals surface area contributed by atoms with Crippen LogP contribution in [0.2, 0.25) is 0 Å². The summed E-state index contributed by atoms with van der Waals surface area (Å²) in [5, 5.41) is 0. The standard InChI is InChI=1S/C12H19NO4/c1-16-12(15)9-3-2-5-13(7-9)11(14)10-4-6-17-8-10/h9-10H,2-8H2,1H3. The number of piperidine rings is 1. The van der Waals surface area contributed by atoms with Gasteiger partial charge in [0.2, 0.25) is 5.91 Å². The number of ether oxygens (including phenoxy) is 2. The van der Waals surface area contributed by atoms with E-state index in [1.807, 2.05) is 0 Å². The van der Waals surface area contributed by atoms with Crippen LogP contribution in [0.1, 0.15) is 19.3 Å². The third kappa shape index (κ3) is 2.77.